The van der Waals surface area contributed by atoms with E-state index in [9.17, 15) is 0 Å². The zero-order valence-electron chi connectivity index (χ0n) is 9.19. The highest BCUT2D eigenvalue weighted by Gasteiger charge is 2.43. The van der Waals surface area contributed by atoms with Gasteiger partial charge >= 0.3 is 0 Å². The molecule has 1 fully saturated rings. The van der Waals surface area contributed by atoms with Crippen LogP contribution in [0.25, 0.3) is 0 Å². The van der Waals surface area contributed by atoms with Gasteiger partial charge in [0, 0.05) is 19.1 Å². The van der Waals surface area contributed by atoms with Crippen molar-refractivity contribution in [2.45, 2.75) is 37.6 Å². The lowest BCUT2D eigenvalue weighted by atomic mass is 10.1. The molecular weight excluding hydrogens is 194 g/mol. The lowest BCUT2D eigenvalue weighted by molar-refractivity contribution is 0.182. The maximum atomic E-state index is 5.88. The molecule has 0 amide bonds. The van der Waals surface area contributed by atoms with Gasteiger partial charge in [-0.1, -0.05) is 12.1 Å². The van der Waals surface area contributed by atoms with Gasteiger partial charge in [0.25, 0.3) is 0 Å². The standard InChI is InChI=1S/C10H17N3O2/c1-10(4-5-10)9-12-8(15-13-9)7(11)3-6-14-2/h7H,3-6,11H2,1-2H3. The van der Waals surface area contributed by atoms with Crippen LogP contribution >= 0.6 is 0 Å². The SMILES string of the molecule is COCCC(N)c1nc(C2(C)CC2)no1. The average molecular weight is 211 g/mol. The van der Waals surface area contributed by atoms with E-state index in [2.05, 4.69) is 17.1 Å². The summed E-state index contributed by atoms with van der Waals surface area (Å²) >= 11 is 0. The summed E-state index contributed by atoms with van der Waals surface area (Å²) in [6.45, 7) is 2.75. The van der Waals surface area contributed by atoms with Gasteiger partial charge in [0.15, 0.2) is 5.82 Å². The van der Waals surface area contributed by atoms with E-state index in [-0.39, 0.29) is 11.5 Å². The van der Waals surface area contributed by atoms with Crippen LogP contribution in [0, 0.1) is 0 Å². The summed E-state index contributed by atoms with van der Waals surface area (Å²) in [5.41, 5.74) is 6.02. The Morgan fingerprint density at radius 1 is 1.60 bits per heavy atom. The molecular formula is C10H17N3O2. The van der Waals surface area contributed by atoms with Crippen LogP contribution in [0.1, 0.15) is 43.9 Å². The first-order chi connectivity index (χ1) is 7.15. The molecule has 1 saturated carbocycles. The summed E-state index contributed by atoms with van der Waals surface area (Å²) in [5.74, 6) is 1.32. The van der Waals surface area contributed by atoms with Gasteiger partial charge in [0.2, 0.25) is 5.89 Å². The minimum absolute atomic E-state index is 0.142. The Kier molecular flexibility index (Phi) is 2.75. The van der Waals surface area contributed by atoms with Gasteiger partial charge in [-0.2, -0.15) is 4.98 Å². The molecule has 5 nitrogen and oxygen atoms in total. The molecule has 0 radical (unpaired) electrons. The van der Waals surface area contributed by atoms with E-state index in [1.54, 1.807) is 7.11 Å². The zero-order valence-corrected chi connectivity index (χ0v) is 9.19. The van der Waals surface area contributed by atoms with E-state index in [0.29, 0.717) is 18.9 Å². The first-order valence-electron chi connectivity index (χ1n) is 5.24. The fraction of sp³-hybridized carbons (Fsp3) is 0.800. The van der Waals surface area contributed by atoms with Crippen molar-refractivity contribution in [3.63, 3.8) is 0 Å². The van der Waals surface area contributed by atoms with Gasteiger partial charge in [-0.05, 0) is 19.3 Å². The van der Waals surface area contributed by atoms with Crippen LogP contribution in [-0.4, -0.2) is 23.9 Å². The molecule has 1 aliphatic rings. The molecule has 2 rings (SSSR count). The Morgan fingerprint density at radius 2 is 2.33 bits per heavy atom. The topological polar surface area (TPSA) is 74.2 Å². The summed E-state index contributed by atoms with van der Waals surface area (Å²) in [5, 5.41) is 3.97. The molecule has 1 atom stereocenters. The Hall–Kier alpha value is -0.940. The third-order valence-corrected chi connectivity index (χ3v) is 2.93. The molecule has 1 aromatic heterocycles. The van der Waals surface area contributed by atoms with Crippen molar-refractivity contribution < 1.29 is 9.26 Å². The molecule has 0 aromatic carbocycles. The molecule has 0 spiro atoms. The van der Waals surface area contributed by atoms with Gasteiger partial charge in [0.05, 0.1) is 6.04 Å². The second kappa shape index (κ2) is 3.90. The minimum atomic E-state index is -0.214. The molecule has 15 heavy (non-hydrogen) atoms. The molecule has 1 aliphatic carbocycles. The third-order valence-electron chi connectivity index (χ3n) is 2.93. The van der Waals surface area contributed by atoms with Crippen LogP contribution in [0.15, 0.2) is 4.52 Å². The Labute approximate surface area is 89.0 Å². The monoisotopic (exact) mass is 211 g/mol. The molecule has 84 valence electrons. The van der Waals surface area contributed by atoms with E-state index in [1.165, 1.54) is 0 Å². The van der Waals surface area contributed by atoms with Gasteiger partial charge < -0.3 is 15.0 Å². The van der Waals surface area contributed by atoms with Crippen molar-refractivity contribution in [1.82, 2.24) is 10.1 Å². The first kappa shape index (κ1) is 10.6. The Bertz CT molecular complexity index is 333. The van der Waals surface area contributed by atoms with Crippen molar-refractivity contribution in [2.24, 2.45) is 5.73 Å². The molecule has 1 unspecified atom stereocenters. The number of rotatable bonds is 5. The van der Waals surface area contributed by atoms with Crippen LogP contribution in [-0.2, 0) is 10.2 Å². The van der Waals surface area contributed by atoms with Crippen molar-refractivity contribution in [3.8, 4) is 0 Å². The molecule has 0 bridgehead atoms. The number of hydrogen-bond donors (Lipinski definition) is 1. The summed E-state index contributed by atoms with van der Waals surface area (Å²) in [6, 6.07) is -0.214. The van der Waals surface area contributed by atoms with Gasteiger partial charge in [0.1, 0.15) is 0 Å². The number of nitrogens with zero attached hydrogens (tertiary/aromatic N) is 2. The lowest BCUT2D eigenvalue weighted by Gasteiger charge is -2.04. The first-order valence-corrected chi connectivity index (χ1v) is 5.24. The van der Waals surface area contributed by atoms with Gasteiger partial charge in [-0.25, -0.2) is 0 Å². The van der Waals surface area contributed by atoms with Crippen LogP contribution in [0.2, 0.25) is 0 Å². The van der Waals surface area contributed by atoms with Crippen molar-refractivity contribution in [3.05, 3.63) is 11.7 Å². The van der Waals surface area contributed by atoms with E-state index in [4.69, 9.17) is 15.0 Å². The minimum Gasteiger partial charge on any atom is -0.385 e. The quantitative estimate of drug-likeness (QED) is 0.791. The molecule has 1 heterocycles. The predicted octanol–water partition coefficient (Wildman–Crippen LogP) is 1.16. The predicted molar refractivity (Wildman–Crippen MR) is 54.3 cm³/mol. The number of ether oxygens (including phenoxy) is 1. The number of methoxy groups -OCH3 is 1. The highest BCUT2D eigenvalue weighted by atomic mass is 16.5. The zero-order chi connectivity index (χ0) is 10.9. The van der Waals surface area contributed by atoms with E-state index in [0.717, 1.165) is 18.7 Å². The van der Waals surface area contributed by atoms with Crippen molar-refractivity contribution in [2.75, 3.05) is 13.7 Å². The summed E-state index contributed by atoms with van der Waals surface area (Å²) < 4.78 is 10.1. The fourth-order valence-electron chi connectivity index (χ4n) is 1.41. The van der Waals surface area contributed by atoms with Crippen molar-refractivity contribution >= 4 is 0 Å². The Balaban J connectivity index is 2.00. The summed E-state index contributed by atoms with van der Waals surface area (Å²) in [7, 11) is 1.65. The largest absolute Gasteiger partial charge is 0.385 e. The average Bonchev–Trinajstić information content (AvgIpc) is 2.82. The maximum absolute atomic E-state index is 5.88. The van der Waals surface area contributed by atoms with E-state index >= 15 is 0 Å². The summed E-state index contributed by atoms with van der Waals surface area (Å²) in [6.07, 6.45) is 2.98. The van der Waals surface area contributed by atoms with Crippen molar-refractivity contribution in [1.29, 1.82) is 0 Å². The smallest absolute Gasteiger partial charge is 0.243 e. The highest BCUT2D eigenvalue weighted by molar-refractivity contribution is 5.14. The molecule has 2 N–H and O–H groups in total. The van der Waals surface area contributed by atoms with Gasteiger partial charge in [-0.3, -0.25) is 0 Å². The van der Waals surface area contributed by atoms with Crippen LogP contribution in [0.3, 0.4) is 0 Å². The van der Waals surface area contributed by atoms with Gasteiger partial charge in [-0.15, -0.1) is 0 Å². The molecule has 5 heteroatoms. The normalized spacial score (nSPS) is 20.2. The highest BCUT2D eigenvalue weighted by Crippen LogP contribution is 2.46. The number of aromatic nitrogens is 2. The maximum Gasteiger partial charge on any atom is 0.243 e. The van der Waals surface area contributed by atoms with E-state index in [1.807, 2.05) is 0 Å². The molecule has 1 aromatic rings. The van der Waals surface area contributed by atoms with Crippen LogP contribution < -0.4 is 5.73 Å². The van der Waals surface area contributed by atoms with Crippen LogP contribution in [0.5, 0.6) is 0 Å². The molecule has 0 aliphatic heterocycles. The number of nitrogens with two attached hydrogens (primary N) is 1. The third kappa shape index (κ3) is 2.18. The second-order valence-electron chi connectivity index (χ2n) is 4.40. The lowest BCUT2D eigenvalue weighted by Crippen LogP contribution is -2.13. The van der Waals surface area contributed by atoms with Crippen LogP contribution in [0.4, 0.5) is 0 Å². The second-order valence-corrected chi connectivity index (χ2v) is 4.40. The fourth-order valence-corrected chi connectivity index (χ4v) is 1.41. The number of hydrogen-bond acceptors (Lipinski definition) is 5. The summed E-state index contributed by atoms with van der Waals surface area (Å²) in [4.78, 5) is 4.34. The van der Waals surface area contributed by atoms with E-state index < -0.39 is 0 Å². The molecule has 0 saturated heterocycles. The Morgan fingerprint density at radius 3 is 2.93 bits per heavy atom.